The van der Waals surface area contributed by atoms with E-state index in [2.05, 4.69) is 5.32 Å². The molecule has 1 fully saturated rings. The first-order valence-electron chi connectivity index (χ1n) is 5.85. The summed E-state index contributed by atoms with van der Waals surface area (Å²) in [4.78, 5) is 13.3. The Kier molecular flexibility index (Phi) is 4.18. The Morgan fingerprint density at radius 3 is 2.68 bits per heavy atom. The molecule has 1 aliphatic heterocycles. The zero-order valence-corrected chi connectivity index (χ0v) is 11.1. The van der Waals surface area contributed by atoms with Crippen LogP contribution in [0.5, 0.6) is 0 Å². The number of rotatable bonds is 3. The van der Waals surface area contributed by atoms with Gasteiger partial charge in [-0.15, -0.1) is 0 Å². The van der Waals surface area contributed by atoms with Crippen LogP contribution in [0.25, 0.3) is 0 Å². The standard InChI is InChI=1S/C12H15N3O3S/c13-12(19)14-9-3-1-2-8(11(16)17)10(9)15-4-6-18-7-5-15/h1-3H,4-7H2,(H,16,17)(H3,13,14,19). The quantitative estimate of drug-likeness (QED) is 0.709. The number of hydrogen-bond acceptors (Lipinski definition) is 4. The van der Waals surface area contributed by atoms with Gasteiger partial charge in [0, 0.05) is 13.1 Å². The van der Waals surface area contributed by atoms with Crippen LogP contribution in [-0.2, 0) is 4.74 Å². The summed E-state index contributed by atoms with van der Waals surface area (Å²) in [5.74, 6) is -0.979. The predicted octanol–water partition coefficient (Wildman–Crippen LogP) is 0.877. The summed E-state index contributed by atoms with van der Waals surface area (Å²) in [6.07, 6.45) is 0. The van der Waals surface area contributed by atoms with Crippen LogP contribution in [-0.4, -0.2) is 42.5 Å². The van der Waals surface area contributed by atoms with E-state index >= 15 is 0 Å². The third-order valence-corrected chi connectivity index (χ3v) is 2.95. The highest BCUT2D eigenvalue weighted by molar-refractivity contribution is 7.80. The van der Waals surface area contributed by atoms with Crippen molar-refractivity contribution in [1.29, 1.82) is 0 Å². The lowest BCUT2D eigenvalue weighted by Gasteiger charge is -2.31. The minimum absolute atomic E-state index is 0.108. The third kappa shape index (κ3) is 3.12. The van der Waals surface area contributed by atoms with E-state index in [1.165, 1.54) is 0 Å². The minimum atomic E-state index is -0.979. The molecule has 0 amide bonds. The molecule has 4 N–H and O–H groups in total. The number of carboxylic acids is 1. The van der Waals surface area contributed by atoms with Crippen LogP contribution >= 0.6 is 12.2 Å². The molecule has 102 valence electrons. The number of thiocarbonyl (C=S) groups is 1. The summed E-state index contributed by atoms with van der Waals surface area (Å²) < 4.78 is 5.28. The molecule has 1 aromatic rings. The summed E-state index contributed by atoms with van der Waals surface area (Å²) in [7, 11) is 0. The molecule has 19 heavy (non-hydrogen) atoms. The van der Waals surface area contributed by atoms with Gasteiger partial charge in [-0.05, 0) is 24.4 Å². The van der Waals surface area contributed by atoms with Gasteiger partial charge in [-0.1, -0.05) is 6.07 Å². The fourth-order valence-corrected chi connectivity index (χ4v) is 2.19. The number of nitrogens with one attached hydrogen (secondary N) is 1. The van der Waals surface area contributed by atoms with Gasteiger partial charge in [0.15, 0.2) is 5.11 Å². The maximum atomic E-state index is 11.4. The van der Waals surface area contributed by atoms with Gasteiger partial charge < -0.3 is 25.8 Å². The van der Waals surface area contributed by atoms with Crippen molar-refractivity contribution in [2.24, 2.45) is 5.73 Å². The number of para-hydroxylation sites is 1. The van der Waals surface area contributed by atoms with Crippen molar-refractivity contribution in [2.45, 2.75) is 0 Å². The number of hydrogen-bond donors (Lipinski definition) is 3. The van der Waals surface area contributed by atoms with E-state index < -0.39 is 5.97 Å². The molecule has 1 saturated heterocycles. The van der Waals surface area contributed by atoms with Crippen molar-refractivity contribution in [3.8, 4) is 0 Å². The molecular formula is C12H15N3O3S. The molecule has 0 spiro atoms. The number of anilines is 2. The van der Waals surface area contributed by atoms with Crippen LogP contribution in [0.2, 0.25) is 0 Å². The van der Waals surface area contributed by atoms with Crippen molar-refractivity contribution in [3.05, 3.63) is 23.8 Å². The maximum absolute atomic E-state index is 11.4. The van der Waals surface area contributed by atoms with Gasteiger partial charge in [0.05, 0.1) is 30.2 Å². The number of benzene rings is 1. The molecule has 1 heterocycles. The fraction of sp³-hybridized carbons (Fsp3) is 0.333. The van der Waals surface area contributed by atoms with E-state index in [0.29, 0.717) is 37.7 Å². The third-order valence-electron chi connectivity index (χ3n) is 2.85. The van der Waals surface area contributed by atoms with Gasteiger partial charge in [0.1, 0.15) is 0 Å². The molecule has 0 aromatic heterocycles. The van der Waals surface area contributed by atoms with Gasteiger partial charge >= 0.3 is 5.97 Å². The summed E-state index contributed by atoms with van der Waals surface area (Å²) in [6, 6.07) is 4.99. The van der Waals surface area contributed by atoms with E-state index in [-0.39, 0.29) is 10.7 Å². The van der Waals surface area contributed by atoms with Crippen LogP contribution in [0, 0.1) is 0 Å². The summed E-state index contributed by atoms with van der Waals surface area (Å²) >= 11 is 4.82. The second-order valence-electron chi connectivity index (χ2n) is 4.10. The molecule has 1 aromatic carbocycles. The highest BCUT2D eigenvalue weighted by Gasteiger charge is 2.21. The molecule has 0 bridgehead atoms. The number of ether oxygens (including phenoxy) is 1. The monoisotopic (exact) mass is 281 g/mol. The summed E-state index contributed by atoms with van der Waals surface area (Å²) in [5, 5.41) is 12.2. The van der Waals surface area contributed by atoms with Gasteiger partial charge in [-0.25, -0.2) is 4.79 Å². The second-order valence-corrected chi connectivity index (χ2v) is 4.54. The lowest BCUT2D eigenvalue weighted by Crippen LogP contribution is -2.38. The molecular weight excluding hydrogens is 266 g/mol. The summed E-state index contributed by atoms with van der Waals surface area (Å²) in [6.45, 7) is 2.41. The molecule has 0 atom stereocenters. The van der Waals surface area contributed by atoms with E-state index in [4.69, 9.17) is 22.7 Å². The Morgan fingerprint density at radius 2 is 2.11 bits per heavy atom. The SMILES string of the molecule is NC(=S)Nc1cccc(C(=O)O)c1N1CCOCC1. The Bertz CT molecular complexity index is 501. The second kappa shape index (κ2) is 5.85. The van der Waals surface area contributed by atoms with Crippen LogP contribution in [0.1, 0.15) is 10.4 Å². The largest absolute Gasteiger partial charge is 0.478 e. The molecule has 0 radical (unpaired) electrons. The van der Waals surface area contributed by atoms with E-state index in [9.17, 15) is 9.90 Å². The number of carbonyl (C=O) groups is 1. The molecule has 2 rings (SSSR count). The predicted molar refractivity (Wildman–Crippen MR) is 76.8 cm³/mol. The van der Waals surface area contributed by atoms with Gasteiger partial charge in [0.25, 0.3) is 0 Å². The molecule has 7 heteroatoms. The van der Waals surface area contributed by atoms with Crippen LogP contribution in [0.3, 0.4) is 0 Å². The fourth-order valence-electron chi connectivity index (χ4n) is 2.08. The Hall–Kier alpha value is -1.86. The first-order chi connectivity index (χ1) is 9.09. The first kappa shape index (κ1) is 13.6. The highest BCUT2D eigenvalue weighted by Crippen LogP contribution is 2.31. The number of nitrogens with zero attached hydrogens (tertiary/aromatic N) is 1. The van der Waals surface area contributed by atoms with Crippen molar-refractivity contribution in [2.75, 3.05) is 36.5 Å². The first-order valence-corrected chi connectivity index (χ1v) is 6.26. The van der Waals surface area contributed by atoms with Crippen molar-refractivity contribution < 1.29 is 14.6 Å². The average molecular weight is 281 g/mol. The van der Waals surface area contributed by atoms with Gasteiger partial charge in [-0.3, -0.25) is 0 Å². The lowest BCUT2D eigenvalue weighted by atomic mass is 10.1. The number of nitrogens with two attached hydrogens (primary N) is 1. The molecule has 0 unspecified atom stereocenters. The number of carboxylic acid groups (broad SMARTS) is 1. The topological polar surface area (TPSA) is 87.8 Å². The van der Waals surface area contributed by atoms with Gasteiger partial charge in [-0.2, -0.15) is 0 Å². The molecule has 0 saturated carbocycles. The molecule has 1 aliphatic rings. The smallest absolute Gasteiger partial charge is 0.337 e. The normalized spacial score (nSPS) is 15.1. The lowest BCUT2D eigenvalue weighted by molar-refractivity contribution is 0.0696. The van der Waals surface area contributed by atoms with Crippen LogP contribution in [0.15, 0.2) is 18.2 Å². The van der Waals surface area contributed by atoms with E-state index in [1.807, 2.05) is 4.90 Å². The van der Waals surface area contributed by atoms with Gasteiger partial charge in [0.2, 0.25) is 0 Å². The molecule has 6 nitrogen and oxygen atoms in total. The van der Waals surface area contributed by atoms with Crippen LogP contribution < -0.4 is 16.0 Å². The van der Waals surface area contributed by atoms with Crippen molar-refractivity contribution >= 4 is 34.7 Å². The Morgan fingerprint density at radius 1 is 1.42 bits per heavy atom. The Labute approximate surface area is 116 Å². The Balaban J connectivity index is 2.44. The number of aromatic carboxylic acids is 1. The highest BCUT2D eigenvalue weighted by atomic mass is 32.1. The van der Waals surface area contributed by atoms with Crippen LogP contribution in [0.4, 0.5) is 11.4 Å². The minimum Gasteiger partial charge on any atom is -0.478 e. The van der Waals surface area contributed by atoms with E-state index in [0.717, 1.165) is 0 Å². The maximum Gasteiger partial charge on any atom is 0.337 e. The molecule has 0 aliphatic carbocycles. The van der Waals surface area contributed by atoms with Crippen molar-refractivity contribution in [3.63, 3.8) is 0 Å². The zero-order valence-electron chi connectivity index (χ0n) is 10.3. The van der Waals surface area contributed by atoms with Crippen molar-refractivity contribution in [1.82, 2.24) is 0 Å². The average Bonchev–Trinajstić information content (AvgIpc) is 2.38. The zero-order chi connectivity index (χ0) is 13.8. The summed E-state index contributed by atoms with van der Waals surface area (Å²) in [5.41, 5.74) is 6.91. The van der Waals surface area contributed by atoms with E-state index in [1.54, 1.807) is 18.2 Å². The number of morpholine rings is 1.